The second-order valence-electron chi connectivity index (χ2n) is 16.7. The quantitative estimate of drug-likeness (QED) is 0.151. The number of methoxy groups -OCH3 is 2. The summed E-state index contributed by atoms with van der Waals surface area (Å²) in [6.45, 7) is 9.96. The van der Waals surface area contributed by atoms with Crippen LogP contribution in [-0.2, 0) is 49.9 Å². The van der Waals surface area contributed by atoms with Gasteiger partial charge in [-0.05, 0) is 55.4 Å². The molecule has 1 saturated carbocycles. The van der Waals surface area contributed by atoms with Crippen LogP contribution in [0, 0.1) is 23.7 Å². The number of likely N-dealkylation sites (tertiary alicyclic amines) is 1. The number of amides is 5. The van der Waals surface area contributed by atoms with Crippen molar-refractivity contribution in [1.29, 1.82) is 0 Å². The minimum Gasteiger partial charge on any atom is -0.379 e. The molecule has 5 amide bonds. The number of nitrogens with zero attached hydrogens (tertiary/aromatic N) is 2. The fourth-order valence-electron chi connectivity index (χ4n) is 9.05. The van der Waals surface area contributed by atoms with Crippen molar-refractivity contribution in [2.75, 3.05) is 34.1 Å². The van der Waals surface area contributed by atoms with Gasteiger partial charge in [0, 0.05) is 40.3 Å². The Hall–Kier alpha value is -3.60. The van der Waals surface area contributed by atoms with Gasteiger partial charge in [-0.3, -0.25) is 28.7 Å². The summed E-state index contributed by atoms with van der Waals surface area (Å²) in [6.07, 6.45) is 4.49. The molecule has 1 aromatic rings. The molecule has 0 spiro atoms. The molecule has 320 valence electrons. The first kappa shape index (κ1) is 46.1. The Labute approximate surface area is 339 Å². The van der Waals surface area contributed by atoms with Crippen LogP contribution in [-0.4, -0.2) is 130 Å². The van der Waals surface area contributed by atoms with Gasteiger partial charge in [-0.2, -0.15) is 0 Å². The summed E-state index contributed by atoms with van der Waals surface area (Å²) >= 11 is 0. The first-order chi connectivity index (χ1) is 26.9. The molecule has 3 aliphatic rings. The number of piperidine rings is 1. The van der Waals surface area contributed by atoms with Gasteiger partial charge in [0.1, 0.15) is 12.1 Å². The predicted octanol–water partition coefficient (Wildman–Crippen LogP) is 1.99. The number of carbonyl (C=O) groups is 5. The second kappa shape index (κ2) is 20.4. The average molecular weight is 819 g/mol. The Morgan fingerprint density at radius 2 is 1.65 bits per heavy atom. The molecule has 2 bridgehead atoms. The lowest BCUT2D eigenvalue weighted by molar-refractivity contribution is -0.148. The maximum Gasteiger partial charge on any atom is 0.256 e. The zero-order chi connectivity index (χ0) is 42.2. The molecule has 2 heterocycles. The summed E-state index contributed by atoms with van der Waals surface area (Å²) in [5.41, 5.74) is 0.725. The normalized spacial score (nSPS) is 24.2. The molecule has 4 rings (SSSR count). The maximum absolute atomic E-state index is 14.3. The van der Waals surface area contributed by atoms with Crippen molar-refractivity contribution in [3.05, 3.63) is 35.9 Å². The lowest BCUT2D eigenvalue weighted by Gasteiger charge is -2.41. The number of benzene rings is 1. The third-order valence-electron chi connectivity index (χ3n) is 12.3. The molecule has 15 nitrogen and oxygen atoms in total. The molecule has 1 aliphatic carbocycles. The van der Waals surface area contributed by atoms with Crippen LogP contribution in [0.2, 0.25) is 0 Å². The highest BCUT2D eigenvalue weighted by Crippen LogP contribution is 2.35. The van der Waals surface area contributed by atoms with Gasteiger partial charge in [0.2, 0.25) is 33.7 Å². The highest BCUT2D eigenvalue weighted by atomic mass is 32.2. The van der Waals surface area contributed by atoms with E-state index in [4.69, 9.17) is 9.47 Å². The van der Waals surface area contributed by atoms with Crippen LogP contribution >= 0.6 is 0 Å². The van der Waals surface area contributed by atoms with Crippen molar-refractivity contribution in [1.82, 2.24) is 30.5 Å². The Bertz CT molecular complexity index is 1660. The van der Waals surface area contributed by atoms with E-state index < -0.39 is 64.1 Å². The molecule has 2 aliphatic heterocycles. The van der Waals surface area contributed by atoms with Gasteiger partial charge in [-0.1, -0.05) is 71.4 Å². The molecule has 57 heavy (non-hydrogen) atoms. The van der Waals surface area contributed by atoms with E-state index in [0.717, 1.165) is 31.1 Å². The van der Waals surface area contributed by atoms with E-state index in [1.807, 2.05) is 38.5 Å². The molecule has 2 saturated heterocycles. The van der Waals surface area contributed by atoms with Crippen LogP contribution < -0.4 is 20.7 Å². The number of nitrogens with one attached hydrogen (secondary N) is 4. The number of sulfonamides is 1. The Kier molecular flexibility index (Phi) is 16.5. The van der Waals surface area contributed by atoms with E-state index in [9.17, 15) is 32.4 Å². The van der Waals surface area contributed by atoms with Gasteiger partial charge in [0.25, 0.3) is 5.91 Å². The van der Waals surface area contributed by atoms with Gasteiger partial charge in [0.15, 0.2) is 0 Å². The molecule has 0 aromatic heterocycles. The lowest BCUT2D eigenvalue weighted by Crippen LogP contribution is -2.60. The zero-order valence-corrected chi connectivity index (χ0v) is 36.0. The molecule has 0 unspecified atom stereocenters. The molecule has 16 heteroatoms. The summed E-state index contributed by atoms with van der Waals surface area (Å²) in [4.78, 5) is 72.1. The van der Waals surface area contributed by atoms with Crippen LogP contribution in [0.15, 0.2) is 30.3 Å². The number of carbonyl (C=O) groups excluding carboxylic acids is 5. The van der Waals surface area contributed by atoms with Crippen molar-refractivity contribution < 1.29 is 41.9 Å². The standard InChI is InChI=1S/C41H66N6O9S/c1-10-25(4)36(46(6)41(52)34(24(2)3)44-40(51)35-28-18-19-29(22-28)42-35)32(55-7)23-33(48)47-20-14-17-31(47)37(56-8)26(5)38(49)43-30(39(50)45-57(9,53)54)21-27-15-12-11-13-16-27/h11-13,15-16,24-26,28-32,34-37,42H,10,14,17-23H2,1-9H3,(H,43,49)(H,44,51)(H,45,50)/t25-,26+,28-,29+,30-,31-,32-,34-,35-,36-,37+/m0/s1. The monoisotopic (exact) mass is 818 g/mol. The Morgan fingerprint density at radius 3 is 2.19 bits per heavy atom. The number of likely N-dealkylation sites (N-methyl/N-ethyl adjacent to an activating group) is 1. The zero-order valence-electron chi connectivity index (χ0n) is 35.2. The molecule has 1 aromatic carbocycles. The van der Waals surface area contributed by atoms with Gasteiger partial charge in [-0.15, -0.1) is 0 Å². The Morgan fingerprint density at radius 1 is 0.965 bits per heavy atom. The van der Waals surface area contributed by atoms with Crippen molar-refractivity contribution in [2.45, 2.75) is 134 Å². The fraction of sp³-hybridized carbons (Fsp3) is 0.732. The number of ether oxygens (including phenoxy) is 2. The minimum absolute atomic E-state index is 0.0325. The van der Waals surface area contributed by atoms with Crippen LogP contribution in [0.5, 0.6) is 0 Å². The van der Waals surface area contributed by atoms with E-state index in [-0.39, 0.29) is 54.4 Å². The highest BCUT2D eigenvalue weighted by molar-refractivity contribution is 7.89. The molecule has 4 N–H and O–H groups in total. The highest BCUT2D eigenvalue weighted by Gasteiger charge is 2.46. The largest absolute Gasteiger partial charge is 0.379 e. The van der Waals surface area contributed by atoms with E-state index in [2.05, 4.69) is 16.0 Å². The maximum atomic E-state index is 14.3. The molecular weight excluding hydrogens is 753 g/mol. The third kappa shape index (κ3) is 11.8. The van der Waals surface area contributed by atoms with Crippen LogP contribution in [0.1, 0.15) is 85.1 Å². The summed E-state index contributed by atoms with van der Waals surface area (Å²) in [6, 6.07) is 6.09. The van der Waals surface area contributed by atoms with E-state index in [1.54, 1.807) is 48.0 Å². The summed E-state index contributed by atoms with van der Waals surface area (Å²) in [5, 5.41) is 9.21. The number of hydrogen-bond acceptors (Lipinski definition) is 10. The number of rotatable bonds is 20. The second-order valence-corrected chi connectivity index (χ2v) is 18.5. The van der Waals surface area contributed by atoms with Crippen LogP contribution in [0.25, 0.3) is 0 Å². The summed E-state index contributed by atoms with van der Waals surface area (Å²) < 4.78 is 37.7. The van der Waals surface area contributed by atoms with Crippen molar-refractivity contribution in [3.8, 4) is 0 Å². The SMILES string of the molecule is CC[C@H](C)[C@@H]([C@H](CC(=O)N1CCC[C@H]1[C@H](OC)[C@@H](C)C(=O)N[C@@H](Cc1ccccc1)C(=O)NS(C)(=O)=O)OC)N(C)C(=O)[C@@H](NC(=O)[C@H]1N[C@@H]2CC[C@H]1C2)C(C)C. The van der Waals surface area contributed by atoms with Crippen molar-refractivity contribution in [3.63, 3.8) is 0 Å². The summed E-state index contributed by atoms with van der Waals surface area (Å²) in [5.74, 6) is -2.78. The summed E-state index contributed by atoms with van der Waals surface area (Å²) in [7, 11) is 0.832. The average Bonchev–Trinajstić information content (AvgIpc) is 3.94. The third-order valence-corrected chi connectivity index (χ3v) is 12.9. The predicted molar refractivity (Wildman–Crippen MR) is 216 cm³/mol. The minimum atomic E-state index is -3.89. The first-order valence-corrected chi connectivity index (χ1v) is 22.3. The van der Waals surface area contributed by atoms with Gasteiger partial charge in [0.05, 0.1) is 48.9 Å². The van der Waals surface area contributed by atoms with Gasteiger partial charge >= 0.3 is 0 Å². The van der Waals surface area contributed by atoms with Crippen LogP contribution in [0.4, 0.5) is 0 Å². The van der Waals surface area contributed by atoms with E-state index in [1.165, 1.54) is 14.2 Å². The van der Waals surface area contributed by atoms with Gasteiger partial charge < -0.3 is 35.2 Å². The smallest absolute Gasteiger partial charge is 0.256 e. The van der Waals surface area contributed by atoms with E-state index >= 15 is 0 Å². The first-order valence-electron chi connectivity index (χ1n) is 20.4. The van der Waals surface area contributed by atoms with E-state index in [0.29, 0.717) is 31.8 Å². The number of hydrogen-bond donors (Lipinski definition) is 4. The lowest BCUT2D eigenvalue weighted by atomic mass is 9.89. The molecule has 3 fully saturated rings. The van der Waals surface area contributed by atoms with Crippen molar-refractivity contribution in [2.24, 2.45) is 23.7 Å². The fourth-order valence-corrected chi connectivity index (χ4v) is 9.56. The Balaban J connectivity index is 1.47. The number of fused-ring (bicyclic) bond motifs is 2. The molecule has 11 atom stereocenters. The van der Waals surface area contributed by atoms with Crippen molar-refractivity contribution >= 4 is 39.6 Å². The van der Waals surface area contributed by atoms with Gasteiger partial charge in [-0.25, -0.2) is 8.42 Å². The van der Waals surface area contributed by atoms with Crippen LogP contribution in [0.3, 0.4) is 0 Å². The molecular formula is C41H66N6O9S. The molecule has 0 radical (unpaired) electrons. The topological polar surface area (TPSA) is 193 Å².